The van der Waals surface area contributed by atoms with E-state index in [2.05, 4.69) is 34.3 Å². The molecule has 26 heavy (non-hydrogen) atoms. The molecule has 1 saturated heterocycles. The van der Waals surface area contributed by atoms with Crippen LogP contribution in [0.1, 0.15) is 26.0 Å². The number of ether oxygens (including phenoxy) is 1. The molecule has 2 N–H and O–H groups in total. The molecule has 136 valence electrons. The van der Waals surface area contributed by atoms with Gasteiger partial charge < -0.3 is 15.2 Å². The zero-order chi connectivity index (χ0) is 18.3. The predicted octanol–water partition coefficient (Wildman–Crippen LogP) is 3.99. The highest BCUT2D eigenvalue weighted by molar-refractivity contribution is 7.17. The Kier molecular flexibility index (Phi) is 4.28. The molecule has 0 radical (unpaired) electrons. The van der Waals surface area contributed by atoms with E-state index in [1.807, 2.05) is 30.5 Å². The maximum atomic E-state index is 10.6. The Morgan fingerprint density at radius 1 is 1.27 bits per heavy atom. The molecule has 3 aromatic rings. The van der Waals surface area contributed by atoms with E-state index in [0.29, 0.717) is 23.8 Å². The molecule has 0 aliphatic carbocycles. The van der Waals surface area contributed by atoms with Gasteiger partial charge in [0.1, 0.15) is 11.4 Å². The standard InChI is InChI=1S/C19H22N4O2S/c1-11-16(13-4-5-14-12(17(13)24)7-9-26-14)22-23-18(20-11)21-15-6-8-25-10-19(15,2)3/h4-5,7,9,15,24H,6,8,10H2,1-3H3,(H,20,21,23). The van der Waals surface area contributed by atoms with E-state index in [9.17, 15) is 5.11 Å². The summed E-state index contributed by atoms with van der Waals surface area (Å²) in [6.07, 6.45) is 0.909. The van der Waals surface area contributed by atoms with Crippen LogP contribution in [0.15, 0.2) is 23.6 Å². The van der Waals surface area contributed by atoms with Gasteiger partial charge in [0.25, 0.3) is 0 Å². The highest BCUT2D eigenvalue weighted by Gasteiger charge is 2.33. The van der Waals surface area contributed by atoms with Crippen LogP contribution in [0.4, 0.5) is 5.95 Å². The summed E-state index contributed by atoms with van der Waals surface area (Å²) < 4.78 is 6.62. The lowest BCUT2D eigenvalue weighted by atomic mass is 9.82. The zero-order valence-corrected chi connectivity index (χ0v) is 15.9. The number of phenolic OH excluding ortho intramolecular Hbond substituents is 1. The van der Waals surface area contributed by atoms with Crippen molar-refractivity contribution in [3.05, 3.63) is 29.3 Å². The first-order valence-corrected chi connectivity index (χ1v) is 9.59. The number of benzene rings is 1. The number of hydrogen-bond donors (Lipinski definition) is 2. The summed E-state index contributed by atoms with van der Waals surface area (Å²) >= 11 is 1.60. The molecule has 1 unspecified atom stereocenters. The van der Waals surface area contributed by atoms with Crippen molar-refractivity contribution >= 4 is 27.4 Å². The Labute approximate surface area is 156 Å². The summed E-state index contributed by atoms with van der Waals surface area (Å²) in [6.45, 7) is 7.69. The Bertz CT molecular complexity index is 954. The fraction of sp³-hybridized carbons (Fsp3) is 0.421. The van der Waals surface area contributed by atoms with Gasteiger partial charge in [-0.05, 0) is 36.9 Å². The number of thiophene rings is 1. The van der Waals surface area contributed by atoms with E-state index < -0.39 is 0 Å². The van der Waals surface area contributed by atoms with Gasteiger partial charge in [-0.1, -0.05) is 13.8 Å². The minimum atomic E-state index is 0.0104. The van der Waals surface area contributed by atoms with E-state index in [4.69, 9.17) is 4.74 Å². The second-order valence-electron chi connectivity index (χ2n) is 7.39. The molecule has 2 aromatic heterocycles. The average Bonchev–Trinajstić information content (AvgIpc) is 3.08. The third-order valence-corrected chi connectivity index (χ3v) is 5.88. The topological polar surface area (TPSA) is 80.2 Å². The number of hydrogen-bond acceptors (Lipinski definition) is 7. The maximum absolute atomic E-state index is 10.6. The highest BCUT2D eigenvalue weighted by Crippen LogP contribution is 2.38. The van der Waals surface area contributed by atoms with Gasteiger partial charge in [-0.15, -0.1) is 21.5 Å². The summed E-state index contributed by atoms with van der Waals surface area (Å²) in [4.78, 5) is 4.58. The van der Waals surface area contributed by atoms with Crippen molar-refractivity contribution in [3.8, 4) is 17.0 Å². The Morgan fingerprint density at radius 3 is 2.88 bits per heavy atom. The quantitative estimate of drug-likeness (QED) is 0.725. The van der Waals surface area contributed by atoms with Gasteiger partial charge >= 0.3 is 0 Å². The molecule has 0 saturated carbocycles. The van der Waals surface area contributed by atoms with Crippen LogP contribution in [0.5, 0.6) is 5.75 Å². The lowest BCUT2D eigenvalue weighted by Crippen LogP contribution is -2.44. The van der Waals surface area contributed by atoms with Gasteiger partial charge in [-0.3, -0.25) is 0 Å². The Hall–Kier alpha value is -2.25. The number of nitrogens with one attached hydrogen (secondary N) is 1. The Balaban J connectivity index is 1.64. The monoisotopic (exact) mass is 370 g/mol. The fourth-order valence-electron chi connectivity index (χ4n) is 3.38. The first-order chi connectivity index (χ1) is 12.5. The number of fused-ring (bicyclic) bond motifs is 1. The van der Waals surface area contributed by atoms with E-state index in [1.54, 1.807) is 11.3 Å². The third kappa shape index (κ3) is 3.01. The first kappa shape index (κ1) is 17.2. The minimum absolute atomic E-state index is 0.0104. The molecule has 4 rings (SSSR count). The molecule has 1 aliphatic heterocycles. The molecular formula is C19H22N4O2S. The van der Waals surface area contributed by atoms with Crippen LogP contribution in [-0.2, 0) is 4.74 Å². The normalized spacial score (nSPS) is 19.6. The maximum Gasteiger partial charge on any atom is 0.243 e. The van der Waals surface area contributed by atoms with Crippen molar-refractivity contribution in [1.29, 1.82) is 0 Å². The van der Waals surface area contributed by atoms with Gasteiger partial charge in [0.2, 0.25) is 5.95 Å². The van der Waals surface area contributed by atoms with Crippen LogP contribution in [-0.4, -0.2) is 39.5 Å². The molecule has 1 atom stereocenters. The largest absolute Gasteiger partial charge is 0.507 e. The molecular weight excluding hydrogens is 348 g/mol. The second kappa shape index (κ2) is 6.48. The summed E-state index contributed by atoms with van der Waals surface area (Å²) in [6, 6.07) is 6.02. The van der Waals surface area contributed by atoms with Crippen molar-refractivity contribution in [2.24, 2.45) is 5.41 Å². The predicted molar refractivity (Wildman–Crippen MR) is 104 cm³/mol. The first-order valence-electron chi connectivity index (χ1n) is 8.71. The average molecular weight is 370 g/mol. The molecule has 1 aromatic carbocycles. The summed E-state index contributed by atoms with van der Waals surface area (Å²) in [5, 5.41) is 25.4. The highest BCUT2D eigenvalue weighted by atomic mass is 32.1. The van der Waals surface area contributed by atoms with E-state index >= 15 is 0 Å². The number of phenols is 1. The van der Waals surface area contributed by atoms with E-state index in [-0.39, 0.29) is 17.2 Å². The van der Waals surface area contributed by atoms with Crippen molar-refractivity contribution in [3.63, 3.8) is 0 Å². The molecule has 0 spiro atoms. The number of nitrogens with zero attached hydrogens (tertiary/aromatic N) is 3. The summed E-state index contributed by atoms with van der Waals surface area (Å²) in [5.41, 5.74) is 2.01. The molecule has 0 bridgehead atoms. The van der Waals surface area contributed by atoms with Gasteiger partial charge in [0.05, 0.1) is 12.3 Å². The lowest BCUT2D eigenvalue weighted by Gasteiger charge is -2.38. The lowest BCUT2D eigenvalue weighted by molar-refractivity contribution is 0.00326. The van der Waals surface area contributed by atoms with Crippen molar-refractivity contribution in [2.45, 2.75) is 33.2 Å². The van der Waals surface area contributed by atoms with Crippen molar-refractivity contribution in [1.82, 2.24) is 15.2 Å². The van der Waals surface area contributed by atoms with Gasteiger partial charge in [-0.25, -0.2) is 4.98 Å². The van der Waals surface area contributed by atoms with Gasteiger partial charge in [-0.2, -0.15) is 0 Å². The molecule has 1 fully saturated rings. The number of anilines is 1. The second-order valence-corrected chi connectivity index (χ2v) is 8.34. The smallest absolute Gasteiger partial charge is 0.243 e. The van der Waals surface area contributed by atoms with E-state index in [0.717, 1.165) is 28.8 Å². The third-order valence-electron chi connectivity index (χ3n) is 4.99. The van der Waals surface area contributed by atoms with Crippen LogP contribution >= 0.6 is 11.3 Å². The number of rotatable bonds is 3. The van der Waals surface area contributed by atoms with Crippen LogP contribution in [0, 0.1) is 12.3 Å². The number of aromatic nitrogens is 3. The van der Waals surface area contributed by atoms with Crippen LogP contribution in [0.2, 0.25) is 0 Å². The summed E-state index contributed by atoms with van der Waals surface area (Å²) in [7, 11) is 0. The van der Waals surface area contributed by atoms with Crippen LogP contribution in [0.3, 0.4) is 0 Å². The minimum Gasteiger partial charge on any atom is -0.507 e. The van der Waals surface area contributed by atoms with Gasteiger partial charge in [0, 0.05) is 33.7 Å². The molecule has 7 heteroatoms. The van der Waals surface area contributed by atoms with Crippen molar-refractivity contribution < 1.29 is 9.84 Å². The molecule has 6 nitrogen and oxygen atoms in total. The van der Waals surface area contributed by atoms with Gasteiger partial charge in [0.15, 0.2) is 0 Å². The number of aryl methyl sites for hydroxylation is 1. The van der Waals surface area contributed by atoms with Crippen LogP contribution < -0.4 is 5.32 Å². The SMILES string of the molecule is Cc1nc(NC2CCOCC2(C)C)nnc1-c1ccc2sccc2c1O. The van der Waals surface area contributed by atoms with E-state index in [1.165, 1.54) is 0 Å². The van der Waals surface area contributed by atoms with Crippen molar-refractivity contribution in [2.75, 3.05) is 18.5 Å². The van der Waals surface area contributed by atoms with Crippen LogP contribution in [0.25, 0.3) is 21.3 Å². The fourth-order valence-corrected chi connectivity index (χ4v) is 4.17. The zero-order valence-electron chi connectivity index (χ0n) is 15.1. The number of aromatic hydroxyl groups is 1. The molecule has 3 heterocycles. The molecule has 0 amide bonds. The Morgan fingerprint density at radius 2 is 2.12 bits per heavy atom. The molecule has 1 aliphatic rings. The summed E-state index contributed by atoms with van der Waals surface area (Å²) in [5.74, 6) is 0.747.